The van der Waals surface area contributed by atoms with Gasteiger partial charge in [0.25, 0.3) is 0 Å². The second-order valence-electron chi connectivity index (χ2n) is 3.14. The number of hydrogen-bond acceptors (Lipinski definition) is 4. The normalized spacial score (nSPS) is 11.9. The van der Waals surface area contributed by atoms with Crippen molar-refractivity contribution in [3.05, 3.63) is 0 Å². The highest BCUT2D eigenvalue weighted by atomic mass is 16.5. The molecular formula is C9H21N3O2. The molecule has 4 N–H and O–H groups in total. The van der Waals surface area contributed by atoms with Gasteiger partial charge >= 0.3 is 0 Å². The van der Waals surface area contributed by atoms with Crippen molar-refractivity contribution in [3.63, 3.8) is 0 Å². The summed E-state index contributed by atoms with van der Waals surface area (Å²) in [7, 11) is 1.72. The lowest BCUT2D eigenvalue weighted by atomic mass is 10.2. The van der Waals surface area contributed by atoms with Crippen LogP contribution in [0, 0.1) is 0 Å². The molecule has 0 saturated heterocycles. The van der Waals surface area contributed by atoms with E-state index in [1.807, 2.05) is 0 Å². The molecule has 0 aromatic heterocycles. The highest BCUT2D eigenvalue weighted by Gasteiger charge is 1.93. The van der Waals surface area contributed by atoms with E-state index in [-0.39, 0.29) is 5.84 Å². The Labute approximate surface area is 85.3 Å². The lowest BCUT2D eigenvalue weighted by molar-refractivity contribution is 0.192. The third-order valence-electron chi connectivity index (χ3n) is 1.89. The summed E-state index contributed by atoms with van der Waals surface area (Å²) in [5, 5.41) is 14.4. The first-order chi connectivity index (χ1) is 6.81. The van der Waals surface area contributed by atoms with E-state index in [1.165, 1.54) is 6.42 Å². The summed E-state index contributed by atoms with van der Waals surface area (Å²) in [4.78, 5) is 0. The van der Waals surface area contributed by atoms with Crippen LogP contribution in [-0.2, 0) is 4.74 Å². The first kappa shape index (κ1) is 13.2. The van der Waals surface area contributed by atoms with Crippen molar-refractivity contribution in [2.24, 2.45) is 10.9 Å². The lowest BCUT2D eigenvalue weighted by Crippen LogP contribution is -2.23. The van der Waals surface area contributed by atoms with Crippen molar-refractivity contribution >= 4 is 5.84 Å². The van der Waals surface area contributed by atoms with E-state index in [1.54, 1.807) is 7.11 Å². The average Bonchev–Trinajstić information content (AvgIpc) is 2.21. The number of oxime groups is 1. The van der Waals surface area contributed by atoms with Gasteiger partial charge in [-0.1, -0.05) is 5.16 Å². The summed E-state index contributed by atoms with van der Waals surface area (Å²) in [5.74, 6) is 0.275. The molecule has 0 aliphatic heterocycles. The Hall–Kier alpha value is -0.810. The second-order valence-corrected chi connectivity index (χ2v) is 3.14. The van der Waals surface area contributed by atoms with Gasteiger partial charge in [0.1, 0.15) is 5.84 Å². The summed E-state index contributed by atoms with van der Waals surface area (Å²) in [6, 6.07) is 0. The van der Waals surface area contributed by atoms with Gasteiger partial charge in [0.05, 0.1) is 0 Å². The van der Waals surface area contributed by atoms with E-state index < -0.39 is 0 Å². The van der Waals surface area contributed by atoms with Crippen LogP contribution in [0.1, 0.15) is 25.7 Å². The van der Waals surface area contributed by atoms with Gasteiger partial charge in [-0.05, 0) is 25.8 Å². The Balaban J connectivity index is 2.99. The minimum atomic E-state index is 0.275. The highest BCUT2D eigenvalue weighted by molar-refractivity contribution is 5.79. The number of rotatable bonds is 9. The van der Waals surface area contributed by atoms with Crippen LogP contribution in [0.4, 0.5) is 0 Å². The van der Waals surface area contributed by atoms with E-state index in [2.05, 4.69) is 10.5 Å². The third-order valence-corrected chi connectivity index (χ3v) is 1.89. The molecule has 0 unspecified atom stereocenters. The van der Waals surface area contributed by atoms with Crippen molar-refractivity contribution in [3.8, 4) is 0 Å². The molecule has 84 valence electrons. The number of nitrogens with one attached hydrogen (secondary N) is 1. The molecule has 0 aromatic rings. The van der Waals surface area contributed by atoms with Gasteiger partial charge in [0.15, 0.2) is 0 Å². The molecule has 14 heavy (non-hydrogen) atoms. The van der Waals surface area contributed by atoms with Gasteiger partial charge in [-0.15, -0.1) is 0 Å². The van der Waals surface area contributed by atoms with Crippen LogP contribution in [0.2, 0.25) is 0 Å². The second kappa shape index (κ2) is 10.3. The predicted octanol–water partition coefficient (Wildman–Crippen LogP) is 0.529. The molecule has 0 radical (unpaired) electrons. The number of nitrogens with two attached hydrogens (primary N) is 1. The molecule has 0 amide bonds. The van der Waals surface area contributed by atoms with Crippen LogP contribution in [0.15, 0.2) is 5.16 Å². The standard InChI is InChI=1S/C9H21N3O2/c1-14-8-4-2-3-6-11-7-5-9(10)12-13/h11,13H,2-8H2,1H3,(H2,10,12). The van der Waals surface area contributed by atoms with Crippen LogP contribution < -0.4 is 11.1 Å². The smallest absolute Gasteiger partial charge is 0.140 e. The molecule has 0 bridgehead atoms. The van der Waals surface area contributed by atoms with Gasteiger partial charge in [-0.3, -0.25) is 0 Å². The van der Waals surface area contributed by atoms with Gasteiger partial charge in [-0.2, -0.15) is 0 Å². The SMILES string of the molecule is COCCCCCNCCC(N)=NO. The maximum Gasteiger partial charge on any atom is 0.140 e. The zero-order valence-corrected chi connectivity index (χ0v) is 8.83. The fourth-order valence-corrected chi connectivity index (χ4v) is 1.06. The van der Waals surface area contributed by atoms with Crippen LogP contribution in [0.3, 0.4) is 0 Å². The first-order valence-electron chi connectivity index (χ1n) is 4.97. The van der Waals surface area contributed by atoms with Crippen molar-refractivity contribution in [2.45, 2.75) is 25.7 Å². The minimum Gasteiger partial charge on any atom is -0.409 e. The summed E-state index contributed by atoms with van der Waals surface area (Å²) < 4.78 is 4.94. The summed E-state index contributed by atoms with van der Waals surface area (Å²) in [6.45, 7) is 2.58. The van der Waals surface area contributed by atoms with E-state index in [0.717, 1.165) is 32.5 Å². The number of ether oxygens (including phenoxy) is 1. The summed E-state index contributed by atoms with van der Waals surface area (Å²) >= 11 is 0. The van der Waals surface area contributed by atoms with E-state index in [4.69, 9.17) is 15.7 Å². The van der Waals surface area contributed by atoms with Gasteiger partial charge in [0, 0.05) is 26.7 Å². The topological polar surface area (TPSA) is 79.9 Å². The summed E-state index contributed by atoms with van der Waals surface area (Å²) in [5.41, 5.74) is 5.30. The largest absolute Gasteiger partial charge is 0.409 e. The van der Waals surface area contributed by atoms with E-state index in [0.29, 0.717) is 6.42 Å². The lowest BCUT2D eigenvalue weighted by Gasteiger charge is -2.03. The third kappa shape index (κ3) is 9.28. The Morgan fingerprint density at radius 1 is 1.36 bits per heavy atom. The molecule has 0 aromatic carbocycles. The minimum absolute atomic E-state index is 0.275. The Morgan fingerprint density at radius 3 is 2.79 bits per heavy atom. The van der Waals surface area contributed by atoms with Crippen LogP contribution in [0.5, 0.6) is 0 Å². The molecule has 0 rings (SSSR count). The molecule has 5 nitrogen and oxygen atoms in total. The average molecular weight is 203 g/mol. The molecule has 0 saturated carbocycles. The molecular weight excluding hydrogens is 182 g/mol. The monoisotopic (exact) mass is 203 g/mol. The van der Waals surface area contributed by atoms with Crippen molar-refractivity contribution in [1.82, 2.24) is 5.32 Å². The molecule has 0 spiro atoms. The number of unbranched alkanes of at least 4 members (excludes halogenated alkanes) is 2. The first-order valence-corrected chi connectivity index (χ1v) is 4.97. The quantitative estimate of drug-likeness (QED) is 0.168. The molecule has 0 aliphatic rings. The van der Waals surface area contributed by atoms with Gasteiger partial charge in [0.2, 0.25) is 0 Å². The number of methoxy groups -OCH3 is 1. The van der Waals surface area contributed by atoms with Gasteiger partial charge in [-0.25, -0.2) is 0 Å². The van der Waals surface area contributed by atoms with Crippen LogP contribution in [-0.4, -0.2) is 37.8 Å². The molecule has 0 aliphatic carbocycles. The Bertz CT molecular complexity index is 151. The molecule has 5 heteroatoms. The van der Waals surface area contributed by atoms with Crippen molar-refractivity contribution < 1.29 is 9.94 Å². The summed E-state index contributed by atoms with van der Waals surface area (Å²) in [6.07, 6.45) is 4.01. The van der Waals surface area contributed by atoms with E-state index >= 15 is 0 Å². The molecule has 0 heterocycles. The van der Waals surface area contributed by atoms with Crippen molar-refractivity contribution in [1.29, 1.82) is 0 Å². The van der Waals surface area contributed by atoms with Crippen LogP contribution >= 0.6 is 0 Å². The van der Waals surface area contributed by atoms with Crippen LogP contribution in [0.25, 0.3) is 0 Å². The predicted molar refractivity (Wildman–Crippen MR) is 56.6 cm³/mol. The van der Waals surface area contributed by atoms with Gasteiger partial charge < -0.3 is 21.0 Å². The number of amidine groups is 1. The fourth-order valence-electron chi connectivity index (χ4n) is 1.06. The Morgan fingerprint density at radius 2 is 2.14 bits per heavy atom. The zero-order valence-electron chi connectivity index (χ0n) is 8.83. The Kier molecular flexibility index (Phi) is 9.68. The maximum absolute atomic E-state index is 8.26. The fraction of sp³-hybridized carbons (Fsp3) is 0.889. The van der Waals surface area contributed by atoms with E-state index in [9.17, 15) is 0 Å². The zero-order chi connectivity index (χ0) is 10.6. The maximum atomic E-state index is 8.26. The molecule has 0 fully saturated rings. The number of hydrogen-bond donors (Lipinski definition) is 3. The molecule has 0 atom stereocenters. The highest BCUT2D eigenvalue weighted by Crippen LogP contribution is 1.93. The van der Waals surface area contributed by atoms with Crippen molar-refractivity contribution in [2.75, 3.05) is 26.8 Å². The number of nitrogens with zero attached hydrogens (tertiary/aromatic N) is 1.